The van der Waals surface area contributed by atoms with Crippen molar-refractivity contribution < 1.29 is 30.7 Å². The molecule has 0 atom stereocenters. The van der Waals surface area contributed by atoms with Crippen molar-refractivity contribution >= 4 is 20.2 Å². The summed E-state index contributed by atoms with van der Waals surface area (Å²) in [5, 5.41) is 0. The van der Waals surface area contributed by atoms with Crippen molar-refractivity contribution in [2.24, 2.45) is 0 Å². The molecule has 0 unspecified atom stereocenters. The van der Waals surface area contributed by atoms with E-state index in [0.717, 1.165) is 49.7 Å². The lowest BCUT2D eigenvalue weighted by atomic mass is 10.0. The van der Waals surface area contributed by atoms with Crippen LogP contribution < -0.4 is 4.74 Å². The number of rotatable bonds is 26. The first-order valence-corrected chi connectivity index (χ1v) is 20.3. The molecule has 7 nitrogen and oxygen atoms in total. The minimum atomic E-state index is -4.47. The molecule has 0 aliphatic heterocycles. The van der Waals surface area contributed by atoms with Crippen LogP contribution in [0.5, 0.6) is 11.5 Å². The van der Waals surface area contributed by atoms with Crippen molar-refractivity contribution in [2.75, 3.05) is 0 Å². The lowest BCUT2D eigenvalue weighted by Gasteiger charge is -2.16. The first-order valence-electron chi connectivity index (χ1n) is 17.4. The fourth-order valence-corrected chi connectivity index (χ4v) is 6.71. The van der Waals surface area contributed by atoms with E-state index in [-0.39, 0.29) is 21.3 Å². The zero-order valence-corrected chi connectivity index (χ0v) is 29.4. The molecule has 0 radical (unpaired) electrons. The Morgan fingerprint density at radius 2 is 0.756 bits per heavy atom. The van der Waals surface area contributed by atoms with Gasteiger partial charge in [0.2, 0.25) is 0 Å². The van der Waals surface area contributed by atoms with Crippen LogP contribution >= 0.6 is 0 Å². The van der Waals surface area contributed by atoms with Gasteiger partial charge in [-0.05, 0) is 48.9 Å². The van der Waals surface area contributed by atoms with Crippen molar-refractivity contribution in [3.05, 3.63) is 47.5 Å². The fourth-order valence-electron chi connectivity index (χ4n) is 5.72. The van der Waals surface area contributed by atoms with E-state index in [0.29, 0.717) is 12.8 Å². The maximum atomic E-state index is 11.9. The fraction of sp³-hybridized carbons (Fsp3) is 0.667. The third kappa shape index (κ3) is 16.4. The van der Waals surface area contributed by atoms with Crippen molar-refractivity contribution in [1.82, 2.24) is 0 Å². The summed E-state index contributed by atoms with van der Waals surface area (Å²) in [6.07, 6.45) is 25.2. The quantitative estimate of drug-likeness (QED) is 0.0757. The van der Waals surface area contributed by atoms with Gasteiger partial charge in [-0.25, -0.2) is 0 Å². The summed E-state index contributed by atoms with van der Waals surface area (Å²) in [7, 11) is -8.94. The molecule has 45 heavy (non-hydrogen) atoms. The molecule has 2 N–H and O–H groups in total. The second-order valence-electron chi connectivity index (χ2n) is 12.5. The summed E-state index contributed by atoms with van der Waals surface area (Å²) in [5.41, 5.74) is 1.56. The molecule has 2 rings (SSSR count). The Kier molecular flexibility index (Phi) is 19.0. The molecule has 0 aliphatic carbocycles. The van der Waals surface area contributed by atoms with Gasteiger partial charge in [-0.1, -0.05) is 142 Å². The molecule has 2 aromatic carbocycles. The summed E-state index contributed by atoms with van der Waals surface area (Å²) in [4.78, 5) is -0.571. The van der Waals surface area contributed by atoms with Crippen LogP contribution in [0.1, 0.15) is 153 Å². The highest BCUT2D eigenvalue weighted by Gasteiger charge is 2.18. The monoisotopic (exact) mass is 666 g/mol. The van der Waals surface area contributed by atoms with Crippen molar-refractivity contribution in [3.8, 4) is 11.5 Å². The van der Waals surface area contributed by atoms with Gasteiger partial charge < -0.3 is 4.74 Å². The summed E-state index contributed by atoms with van der Waals surface area (Å²) in [6.45, 7) is 4.45. The van der Waals surface area contributed by atoms with E-state index in [4.69, 9.17) is 4.74 Å². The van der Waals surface area contributed by atoms with Gasteiger partial charge in [0.1, 0.15) is 11.5 Å². The molecule has 0 spiro atoms. The molecule has 0 fully saturated rings. The van der Waals surface area contributed by atoms with Gasteiger partial charge in [0.05, 0.1) is 9.79 Å². The van der Waals surface area contributed by atoms with Crippen molar-refractivity contribution in [2.45, 2.75) is 165 Å². The summed E-state index contributed by atoms with van der Waals surface area (Å²) < 4.78 is 73.4. The normalized spacial score (nSPS) is 12.1. The van der Waals surface area contributed by atoms with Gasteiger partial charge in [-0.3, -0.25) is 9.11 Å². The van der Waals surface area contributed by atoms with Gasteiger partial charge in [-0.2, -0.15) is 16.8 Å². The summed E-state index contributed by atoms with van der Waals surface area (Å²) in [6, 6.07) is 8.64. The number of hydrogen-bond donors (Lipinski definition) is 2. The molecular weight excluding hydrogens is 609 g/mol. The van der Waals surface area contributed by atoms with E-state index in [2.05, 4.69) is 13.8 Å². The lowest BCUT2D eigenvalue weighted by Crippen LogP contribution is -2.03. The Labute approximate surface area is 274 Å². The minimum absolute atomic E-state index is 0.262. The standard InChI is InChI=1S/C36H58O7S2/c1-3-5-7-9-11-13-15-17-19-21-23-31-25-27-33(44(37,38)39)29-35(31)43-36-30-34(45(40,41)42)28-26-32(36)24-22-20-18-16-14-12-10-8-6-4-2/h25-30H,3-24H2,1-2H3,(H,37,38,39)(H,40,41,42). The third-order valence-corrected chi connectivity index (χ3v) is 10.2. The third-order valence-electron chi connectivity index (χ3n) is 8.49. The van der Waals surface area contributed by atoms with E-state index in [9.17, 15) is 25.9 Å². The van der Waals surface area contributed by atoms with Crippen LogP contribution in [0.25, 0.3) is 0 Å². The van der Waals surface area contributed by atoms with Gasteiger partial charge in [0, 0.05) is 12.1 Å². The van der Waals surface area contributed by atoms with Crippen LogP contribution in [0.4, 0.5) is 0 Å². The molecule has 0 heterocycles. The van der Waals surface area contributed by atoms with Crippen LogP contribution in [0.3, 0.4) is 0 Å². The van der Waals surface area contributed by atoms with E-state index in [1.165, 1.54) is 114 Å². The average Bonchev–Trinajstić information content (AvgIpc) is 2.99. The zero-order chi connectivity index (χ0) is 33.0. The van der Waals surface area contributed by atoms with Crippen LogP contribution in [-0.4, -0.2) is 25.9 Å². The summed E-state index contributed by atoms with van der Waals surface area (Å²) in [5.74, 6) is 0.524. The number of aryl methyl sites for hydroxylation is 2. The molecule has 2 aromatic rings. The smallest absolute Gasteiger partial charge is 0.294 e. The lowest BCUT2D eigenvalue weighted by molar-refractivity contribution is 0.456. The van der Waals surface area contributed by atoms with E-state index < -0.39 is 20.2 Å². The summed E-state index contributed by atoms with van der Waals surface area (Å²) >= 11 is 0. The molecule has 0 amide bonds. The molecule has 256 valence electrons. The second kappa shape index (κ2) is 21.8. The van der Waals surface area contributed by atoms with Crippen LogP contribution in [0, 0.1) is 0 Å². The minimum Gasteiger partial charge on any atom is -0.457 e. The van der Waals surface area contributed by atoms with E-state index >= 15 is 0 Å². The number of benzene rings is 2. The number of unbranched alkanes of at least 4 members (excludes halogenated alkanes) is 18. The molecule has 0 aliphatic rings. The topological polar surface area (TPSA) is 118 Å². The zero-order valence-electron chi connectivity index (χ0n) is 27.8. The molecule has 0 bridgehead atoms. The number of hydrogen-bond acceptors (Lipinski definition) is 5. The van der Waals surface area contributed by atoms with Crippen molar-refractivity contribution in [1.29, 1.82) is 0 Å². The Hall–Kier alpha value is -1.94. The number of ether oxygens (including phenoxy) is 1. The van der Waals surface area contributed by atoms with Gasteiger partial charge in [0.25, 0.3) is 20.2 Å². The highest BCUT2D eigenvalue weighted by atomic mass is 32.2. The molecule has 0 saturated heterocycles. The SMILES string of the molecule is CCCCCCCCCCCCc1ccc(S(=O)(=O)O)cc1Oc1cc(S(=O)(=O)O)ccc1CCCCCCCCCCCC. The van der Waals surface area contributed by atoms with Gasteiger partial charge >= 0.3 is 0 Å². The van der Waals surface area contributed by atoms with Crippen molar-refractivity contribution in [3.63, 3.8) is 0 Å². The van der Waals surface area contributed by atoms with Gasteiger partial charge in [-0.15, -0.1) is 0 Å². The largest absolute Gasteiger partial charge is 0.457 e. The Bertz CT molecular complexity index is 1220. The predicted octanol–water partition coefficient (Wildman–Crippen LogP) is 10.9. The Morgan fingerprint density at radius 1 is 0.467 bits per heavy atom. The first kappa shape index (κ1) is 39.2. The van der Waals surface area contributed by atoms with Crippen LogP contribution in [0.15, 0.2) is 46.2 Å². The van der Waals surface area contributed by atoms with E-state index in [1.807, 2.05) is 0 Å². The first-order chi connectivity index (χ1) is 21.6. The van der Waals surface area contributed by atoms with Gasteiger partial charge in [0.15, 0.2) is 0 Å². The second-order valence-corrected chi connectivity index (χ2v) is 15.3. The highest BCUT2D eigenvalue weighted by molar-refractivity contribution is 7.86. The molecule has 0 saturated carbocycles. The Morgan fingerprint density at radius 3 is 1.04 bits per heavy atom. The maximum Gasteiger partial charge on any atom is 0.294 e. The van der Waals surface area contributed by atoms with Crippen LogP contribution in [0.2, 0.25) is 0 Å². The van der Waals surface area contributed by atoms with Crippen LogP contribution in [-0.2, 0) is 33.1 Å². The van der Waals surface area contributed by atoms with E-state index in [1.54, 1.807) is 12.1 Å². The molecular formula is C36H58O7S2. The molecule has 0 aromatic heterocycles. The maximum absolute atomic E-state index is 11.9. The Balaban J connectivity index is 2.07. The average molecular weight is 667 g/mol. The highest BCUT2D eigenvalue weighted by Crippen LogP contribution is 2.34. The molecule has 9 heteroatoms. The predicted molar refractivity (Wildman–Crippen MR) is 184 cm³/mol.